The molecular weight excluding hydrogens is 320 g/mol. The minimum atomic E-state index is -0.924. The molecule has 6 nitrogen and oxygen atoms in total. The first kappa shape index (κ1) is 17.5. The molecule has 1 N–H and O–H groups in total. The van der Waals surface area contributed by atoms with Gasteiger partial charge in [-0.15, -0.1) is 0 Å². The van der Waals surface area contributed by atoms with Crippen LogP contribution in [0.1, 0.15) is 40.7 Å². The van der Waals surface area contributed by atoms with Crippen molar-refractivity contribution in [1.29, 1.82) is 0 Å². The Morgan fingerprint density at radius 2 is 1.84 bits per heavy atom. The Labute approximate surface area is 147 Å². The van der Waals surface area contributed by atoms with E-state index in [-0.39, 0.29) is 18.2 Å². The van der Waals surface area contributed by atoms with Crippen molar-refractivity contribution in [3.63, 3.8) is 0 Å². The van der Waals surface area contributed by atoms with E-state index in [9.17, 15) is 19.5 Å². The van der Waals surface area contributed by atoms with Crippen LogP contribution in [0.2, 0.25) is 0 Å². The fourth-order valence-electron chi connectivity index (χ4n) is 4.22. The van der Waals surface area contributed by atoms with Crippen molar-refractivity contribution in [1.82, 2.24) is 9.80 Å². The summed E-state index contributed by atoms with van der Waals surface area (Å²) in [5, 5.41) is 9.53. The molecule has 1 aromatic rings. The minimum absolute atomic E-state index is 0.0186. The van der Waals surface area contributed by atoms with Crippen molar-refractivity contribution in [3.05, 3.63) is 34.9 Å². The third kappa shape index (κ3) is 2.79. The molecule has 1 spiro atoms. The Kier molecular flexibility index (Phi) is 4.31. The summed E-state index contributed by atoms with van der Waals surface area (Å²) in [5.74, 6) is -1.76. The van der Waals surface area contributed by atoms with Gasteiger partial charge in [-0.3, -0.25) is 14.4 Å². The minimum Gasteiger partial charge on any atom is -0.481 e. The predicted molar refractivity (Wildman–Crippen MR) is 92.3 cm³/mol. The Balaban J connectivity index is 1.79. The molecule has 2 aliphatic rings. The van der Waals surface area contributed by atoms with Gasteiger partial charge < -0.3 is 14.9 Å². The molecule has 2 amide bonds. The predicted octanol–water partition coefficient (Wildman–Crippen LogP) is 1.84. The molecule has 1 aromatic carbocycles. The molecule has 134 valence electrons. The zero-order chi connectivity index (χ0) is 18.4. The summed E-state index contributed by atoms with van der Waals surface area (Å²) < 4.78 is 0. The van der Waals surface area contributed by atoms with Gasteiger partial charge in [0.2, 0.25) is 5.91 Å². The molecule has 6 heteroatoms. The molecule has 25 heavy (non-hydrogen) atoms. The third-order valence-electron chi connectivity index (χ3n) is 5.91. The Morgan fingerprint density at radius 1 is 1.20 bits per heavy atom. The number of aryl methyl sites for hydroxylation is 2. The van der Waals surface area contributed by atoms with Gasteiger partial charge in [-0.2, -0.15) is 0 Å². The van der Waals surface area contributed by atoms with Crippen molar-refractivity contribution in [2.75, 3.05) is 20.1 Å². The lowest BCUT2D eigenvalue weighted by Gasteiger charge is -2.45. The fourth-order valence-corrected chi connectivity index (χ4v) is 4.22. The summed E-state index contributed by atoms with van der Waals surface area (Å²) in [6.45, 7) is 4.81. The number of carbonyl (C=O) groups excluding carboxylic acids is 2. The number of rotatable bonds is 2. The van der Waals surface area contributed by atoms with Gasteiger partial charge in [0.25, 0.3) is 5.91 Å². The second kappa shape index (κ2) is 6.17. The highest BCUT2D eigenvalue weighted by Crippen LogP contribution is 2.43. The van der Waals surface area contributed by atoms with Crippen molar-refractivity contribution in [2.24, 2.45) is 5.92 Å². The molecule has 2 aliphatic heterocycles. The molecule has 0 radical (unpaired) electrons. The maximum Gasteiger partial charge on any atom is 0.309 e. The molecular formula is C19H24N2O4. The van der Waals surface area contributed by atoms with Gasteiger partial charge in [-0.1, -0.05) is 17.7 Å². The van der Waals surface area contributed by atoms with Gasteiger partial charge in [-0.05, 0) is 38.3 Å². The maximum absolute atomic E-state index is 12.9. The average molecular weight is 344 g/mol. The molecule has 3 rings (SSSR count). The first-order chi connectivity index (χ1) is 11.8. The largest absolute Gasteiger partial charge is 0.481 e. The molecule has 0 aromatic heterocycles. The lowest BCUT2D eigenvalue weighted by molar-refractivity contribution is -0.145. The van der Waals surface area contributed by atoms with Gasteiger partial charge >= 0.3 is 5.97 Å². The Hall–Kier alpha value is -2.37. The maximum atomic E-state index is 12.9. The van der Waals surface area contributed by atoms with E-state index >= 15 is 0 Å². The van der Waals surface area contributed by atoms with Crippen LogP contribution >= 0.6 is 0 Å². The number of likely N-dealkylation sites (tertiary alicyclic amines) is 2. The van der Waals surface area contributed by atoms with Crippen molar-refractivity contribution in [2.45, 2.75) is 38.6 Å². The van der Waals surface area contributed by atoms with Crippen molar-refractivity contribution < 1.29 is 19.5 Å². The summed E-state index contributed by atoms with van der Waals surface area (Å²) in [6.07, 6.45) is 1.06. The number of hydrogen-bond donors (Lipinski definition) is 1. The fraction of sp³-hybridized carbons (Fsp3) is 0.526. The SMILES string of the molecule is Cc1ccc(C)c(C(=O)N2CCC3(CC2)C(C(=O)O)CC(=O)N3C)c1. The number of carboxylic acid groups (broad SMARTS) is 1. The Bertz CT molecular complexity index is 735. The monoisotopic (exact) mass is 344 g/mol. The summed E-state index contributed by atoms with van der Waals surface area (Å²) in [5.41, 5.74) is 2.00. The number of nitrogens with zero attached hydrogens (tertiary/aromatic N) is 2. The molecule has 2 heterocycles. The number of piperidine rings is 1. The van der Waals surface area contributed by atoms with E-state index in [1.807, 2.05) is 32.0 Å². The number of aliphatic carboxylic acids is 1. The quantitative estimate of drug-likeness (QED) is 0.888. The molecule has 2 fully saturated rings. The van der Waals surface area contributed by atoms with E-state index in [2.05, 4.69) is 0 Å². The molecule has 0 saturated carbocycles. The molecule has 1 atom stereocenters. The van der Waals surface area contributed by atoms with Gasteiger partial charge in [-0.25, -0.2) is 0 Å². The number of hydrogen-bond acceptors (Lipinski definition) is 3. The highest BCUT2D eigenvalue weighted by molar-refractivity contribution is 5.96. The van der Waals surface area contributed by atoms with E-state index in [0.29, 0.717) is 31.5 Å². The summed E-state index contributed by atoms with van der Waals surface area (Å²) in [7, 11) is 1.69. The van der Waals surface area contributed by atoms with E-state index in [0.717, 1.165) is 11.1 Å². The van der Waals surface area contributed by atoms with Crippen molar-refractivity contribution in [3.8, 4) is 0 Å². The standard InChI is InChI=1S/C19H24N2O4/c1-12-4-5-13(2)14(10-12)17(23)21-8-6-19(7-9-21)15(18(24)25)11-16(22)20(19)3/h4-5,10,15H,6-9,11H2,1-3H3,(H,24,25). The van der Waals surface area contributed by atoms with Crippen molar-refractivity contribution >= 4 is 17.8 Å². The zero-order valence-electron chi connectivity index (χ0n) is 14.9. The normalized spacial score (nSPS) is 22.5. The lowest BCUT2D eigenvalue weighted by atomic mass is 9.77. The third-order valence-corrected chi connectivity index (χ3v) is 5.91. The molecule has 0 bridgehead atoms. The van der Waals surface area contributed by atoms with Crippen LogP contribution in [-0.4, -0.2) is 58.4 Å². The number of carbonyl (C=O) groups is 3. The van der Waals surface area contributed by atoms with Gasteiger partial charge in [0.15, 0.2) is 0 Å². The summed E-state index contributed by atoms with van der Waals surface area (Å²) in [6, 6.07) is 5.82. The smallest absolute Gasteiger partial charge is 0.309 e. The van der Waals surface area contributed by atoms with E-state index in [1.165, 1.54) is 0 Å². The first-order valence-electron chi connectivity index (χ1n) is 8.62. The zero-order valence-corrected chi connectivity index (χ0v) is 14.9. The van der Waals surface area contributed by atoms with Gasteiger partial charge in [0.05, 0.1) is 11.5 Å². The van der Waals surface area contributed by atoms with Crippen LogP contribution in [0.4, 0.5) is 0 Å². The highest BCUT2D eigenvalue weighted by Gasteiger charge is 2.55. The Morgan fingerprint density at radius 3 is 2.44 bits per heavy atom. The van der Waals surface area contributed by atoms with Crippen LogP contribution in [0, 0.1) is 19.8 Å². The van der Waals surface area contributed by atoms with Crippen LogP contribution in [0.3, 0.4) is 0 Å². The molecule has 0 aliphatic carbocycles. The molecule has 2 saturated heterocycles. The van der Waals surface area contributed by atoms with Gasteiger partial charge in [0, 0.05) is 32.1 Å². The average Bonchev–Trinajstić information content (AvgIpc) is 2.82. The topological polar surface area (TPSA) is 77.9 Å². The first-order valence-corrected chi connectivity index (χ1v) is 8.62. The number of amides is 2. The lowest BCUT2D eigenvalue weighted by Crippen LogP contribution is -2.57. The van der Waals surface area contributed by atoms with Crippen LogP contribution in [-0.2, 0) is 9.59 Å². The number of benzene rings is 1. The van der Waals surface area contributed by atoms with Crippen LogP contribution in [0.15, 0.2) is 18.2 Å². The van der Waals surface area contributed by atoms with Crippen LogP contribution in [0.25, 0.3) is 0 Å². The van der Waals surface area contributed by atoms with Gasteiger partial charge in [0.1, 0.15) is 0 Å². The number of carboxylic acids is 1. The van der Waals surface area contributed by atoms with Crippen LogP contribution < -0.4 is 0 Å². The van der Waals surface area contributed by atoms with E-state index in [1.54, 1.807) is 16.8 Å². The second-order valence-corrected chi connectivity index (χ2v) is 7.26. The summed E-state index contributed by atoms with van der Waals surface area (Å²) in [4.78, 5) is 39.9. The molecule has 1 unspecified atom stereocenters. The van der Waals surface area contributed by atoms with Crippen LogP contribution in [0.5, 0.6) is 0 Å². The summed E-state index contributed by atoms with van der Waals surface area (Å²) >= 11 is 0. The van der Waals surface area contributed by atoms with E-state index in [4.69, 9.17) is 0 Å². The highest BCUT2D eigenvalue weighted by atomic mass is 16.4. The second-order valence-electron chi connectivity index (χ2n) is 7.26. The van der Waals surface area contributed by atoms with E-state index < -0.39 is 17.4 Å².